The molecule has 0 amide bonds. The number of hydrogen-bond acceptors (Lipinski definition) is 1. The molecule has 1 saturated heterocycles. The number of nitrogens with zero attached hydrogens (tertiary/aromatic N) is 1. The van der Waals surface area contributed by atoms with E-state index in [1.54, 1.807) is 5.56 Å². The number of hydrogen-bond donors (Lipinski definition) is 1. The maximum atomic E-state index is 3.70. The van der Waals surface area contributed by atoms with E-state index in [0.717, 1.165) is 12.5 Å². The van der Waals surface area contributed by atoms with Gasteiger partial charge in [0.25, 0.3) is 0 Å². The summed E-state index contributed by atoms with van der Waals surface area (Å²) in [4.78, 5) is 0. The van der Waals surface area contributed by atoms with Gasteiger partial charge >= 0.3 is 0 Å². The van der Waals surface area contributed by atoms with Crippen LogP contribution in [0.5, 0.6) is 0 Å². The fourth-order valence-electron chi connectivity index (χ4n) is 3.56. The topological polar surface area (TPSA) is 17.0 Å². The molecule has 0 aliphatic carbocycles. The fraction of sp³-hybridized carbons (Fsp3) is 0.529. The highest BCUT2D eigenvalue weighted by atomic mass is 15.0. The van der Waals surface area contributed by atoms with E-state index in [4.69, 9.17) is 0 Å². The Morgan fingerprint density at radius 2 is 2.00 bits per heavy atom. The van der Waals surface area contributed by atoms with Gasteiger partial charge in [-0.25, -0.2) is 0 Å². The summed E-state index contributed by atoms with van der Waals surface area (Å²) >= 11 is 0. The average molecular weight is 256 g/mol. The second kappa shape index (κ2) is 4.68. The first-order chi connectivity index (χ1) is 9.09. The molecule has 2 unspecified atom stereocenters. The van der Waals surface area contributed by atoms with Crippen molar-refractivity contribution in [3.63, 3.8) is 0 Å². The second-order valence-corrected chi connectivity index (χ2v) is 6.27. The number of aromatic nitrogens is 1. The van der Waals surface area contributed by atoms with Gasteiger partial charge < -0.3 is 9.88 Å². The molecule has 1 aliphatic heterocycles. The number of aryl methyl sites for hydroxylation is 1. The highest BCUT2D eigenvalue weighted by Crippen LogP contribution is 2.36. The maximum Gasteiger partial charge on any atom is 0.0482 e. The summed E-state index contributed by atoms with van der Waals surface area (Å²) in [6.07, 6.45) is 1.27. The van der Waals surface area contributed by atoms with E-state index in [1.807, 2.05) is 0 Å². The van der Waals surface area contributed by atoms with Crippen LogP contribution in [-0.4, -0.2) is 17.2 Å². The van der Waals surface area contributed by atoms with Gasteiger partial charge in [-0.15, -0.1) is 0 Å². The molecule has 3 rings (SSSR count). The van der Waals surface area contributed by atoms with E-state index in [0.29, 0.717) is 12.0 Å². The van der Waals surface area contributed by atoms with Gasteiger partial charge in [0.1, 0.15) is 0 Å². The standard InChI is InChI=1S/C17H24N2/c1-11(2)15-9-13(10-18-15)17-12(3)19(4)16-8-6-5-7-14(16)17/h5-8,11,13,15,18H,9-10H2,1-4H3. The van der Waals surface area contributed by atoms with Crippen LogP contribution >= 0.6 is 0 Å². The number of para-hydroxylation sites is 1. The Balaban J connectivity index is 2.04. The maximum absolute atomic E-state index is 3.70. The zero-order valence-corrected chi connectivity index (χ0v) is 12.4. The fourth-order valence-corrected chi connectivity index (χ4v) is 3.56. The van der Waals surface area contributed by atoms with Gasteiger partial charge in [-0.1, -0.05) is 32.0 Å². The van der Waals surface area contributed by atoms with Gasteiger partial charge in [0, 0.05) is 42.1 Å². The zero-order chi connectivity index (χ0) is 13.6. The van der Waals surface area contributed by atoms with Crippen LogP contribution in [-0.2, 0) is 7.05 Å². The van der Waals surface area contributed by atoms with Crippen LogP contribution in [0.2, 0.25) is 0 Å². The summed E-state index contributed by atoms with van der Waals surface area (Å²) in [5.74, 6) is 1.39. The van der Waals surface area contributed by atoms with Crippen LogP contribution in [0, 0.1) is 12.8 Å². The summed E-state index contributed by atoms with van der Waals surface area (Å²) < 4.78 is 2.34. The number of benzene rings is 1. The van der Waals surface area contributed by atoms with E-state index in [2.05, 4.69) is 62.0 Å². The molecule has 1 aliphatic rings. The first kappa shape index (κ1) is 12.7. The molecule has 2 heterocycles. The molecule has 1 fully saturated rings. The molecule has 2 aromatic rings. The molecule has 0 bridgehead atoms. The third-order valence-electron chi connectivity index (χ3n) is 4.83. The molecule has 2 atom stereocenters. The first-order valence-electron chi connectivity index (χ1n) is 7.37. The normalized spacial score (nSPS) is 23.6. The molecule has 102 valence electrons. The molecule has 0 radical (unpaired) electrons. The first-order valence-corrected chi connectivity index (χ1v) is 7.37. The van der Waals surface area contributed by atoms with Crippen LogP contribution in [0.25, 0.3) is 10.9 Å². The van der Waals surface area contributed by atoms with Crippen molar-refractivity contribution in [2.24, 2.45) is 13.0 Å². The second-order valence-electron chi connectivity index (χ2n) is 6.27. The van der Waals surface area contributed by atoms with Gasteiger partial charge in [-0.2, -0.15) is 0 Å². The van der Waals surface area contributed by atoms with Crippen molar-refractivity contribution in [3.05, 3.63) is 35.5 Å². The number of rotatable bonds is 2. The molecule has 1 aromatic carbocycles. The molecule has 0 saturated carbocycles. The minimum absolute atomic E-state index is 0.665. The molecule has 19 heavy (non-hydrogen) atoms. The Bertz CT molecular complexity index is 595. The average Bonchev–Trinajstić information content (AvgIpc) is 2.96. The summed E-state index contributed by atoms with van der Waals surface area (Å²) in [5, 5.41) is 5.14. The van der Waals surface area contributed by atoms with Crippen LogP contribution < -0.4 is 5.32 Å². The van der Waals surface area contributed by atoms with Crippen molar-refractivity contribution in [3.8, 4) is 0 Å². The summed E-state index contributed by atoms with van der Waals surface area (Å²) in [5.41, 5.74) is 4.36. The minimum Gasteiger partial charge on any atom is -0.348 e. The van der Waals surface area contributed by atoms with Gasteiger partial charge in [0.15, 0.2) is 0 Å². The molecular formula is C17H24N2. The molecule has 2 nitrogen and oxygen atoms in total. The van der Waals surface area contributed by atoms with Crippen LogP contribution in [0.1, 0.15) is 37.4 Å². The predicted molar refractivity (Wildman–Crippen MR) is 81.6 cm³/mol. The van der Waals surface area contributed by atoms with Crippen molar-refractivity contribution >= 4 is 10.9 Å². The largest absolute Gasteiger partial charge is 0.348 e. The summed E-state index contributed by atoms with van der Waals surface area (Å²) in [6.45, 7) is 8.02. The third kappa shape index (κ3) is 1.99. The lowest BCUT2D eigenvalue weighted by Gasteiger charge is -2.14. The van der Waals surface area contributed by atoms with Crippen molar-refractivity contribution in [2.75, 3.05) is 6.54 Å². The van der Waals surface area contributed by atoms with Crippen molar-refractivity contribution in [1.29, 1.82) is 0 Å². The van der Waals surface area contributed by atoms with Crippen LogP contribution in [0.4, 0.5) is 0 Å². The van der Waals surface area contributed by atoms with E-state index in [-0.39, 0.29) is 0 Å². The van der Waals surface area contributed by atoms with Gasteiger partial charge in [0.05, 0.1) is 0 Å². The van der Waals surface area contributed by atoms with Crippen LogP contribution in [0.15, 0.2) is 24.3 Å². The smallest absolute Gasteiger partial charge is 0.0482 e. The van der Waals surface area contributed by atoms with Crippen LogP contribution in [0.3, 0.4) is 0 Å². The summed E-state index contributed by atoms with van der Waals surface area (Å²) in [6, 6.07) is 9.47. The third-order valence-corrected chi connectivity index (χ3v) is 4.83. The van der Waals surface area contributed by atoms with E-state index in [9.17, 15) is 0 Å². The van der Waals surface area contributed by atoms with Crippen molar-refractivity contribution in [2.45, 2.75) is 39.2 Å². The van der Waals surface area contributed by atoms with E-state index >= 15 is 0 Å². The number of nitrogens with one attached hydrogen (secondary N) is 1. The van der Waals surface area contributed by atoms with Crippen molar-refractivity contribution in [1.82, 2.24) is 9.88 Å². The Labute approximate surface area is 115 Å². The van der Waals surface area contributed by atoms with Gasteiger partial charge in [-0.05, 0) is 30.9 Å². The summed E-state index contributed by atoms with van der Waals surface area (Å²) in [7, 11) is 2.18. The highest BCUT2D eigenvalue weighted by molar-refractivity contribution is 5.86. The lowest BCUT2D eigenvalue weighted by atomic mass is 9.91. The molecule has 2 heteroatoms. The van der Waals surface area contributed by atoms with Gasteiger partial charge in [0.2, 0.25) is 0 Å². The lowest BCUT2D eigenvalue weighted by Crippen LogP contribution is -2.26. The van der Waals surface area contributed by atoms with E-state index < -0.39 is 0 Å². The quantitative estimate of drug-likeness (QED) is 0.869. The Morgan fingerprint density at radius 3 is 2.68 bits per heavy atom. The zero-order valence-electron chi connectivity index (χ0n) is 12.4. The van der Waals surface area contributed by atoms with Crippen molar-refractivity contribution < 1.29 is 0 Å². The SMILES string of the molecule is Cc1c(C2CNC(C(C)C)C2)c2ccccc2n1C. The molecule has 1 aromatic heterocycles. The minimum atomic E-state index is 0.665. The van der Waals surface area contributed by atoms with E-state index in [1.165, 1.54) is 23.0 Å². The Kier molecular flexibility index (Phi) is 3.14. The monoisotopic (exact) mass is 256 g/mol. The molecular weight excluding hydrogens is 232 g/mol. The Hall–Kier alpha value is -1.28. The highest BCUT2D eigenvalue weighted by Gasteiger charge is 2.30. The predicted octanol–water partition coefficient (Wildman–Crippen LogP) is 3.59. The molecule has 1 N–H and O–H groups in total. The number of fused-ring (bicyclic) bond motifs is 1. The molecule has 0 spiro atoms. The lowest BCUT2D eigenvalue weighted by molar-refractivity contribution is 0.449. The van der Waals surface area contributed by atoms with Gasteiger partial charge in [-0.3, -0.25) is 0 Å². The Morgan fingerprint density at radius 1 is 1.26 bits per heavy atom.